The molecule has 1 aromatic carbocycles. The van der Waals surface area contributed by atoms with Gasteiger partial charge < -0.3 is 19.3 Å². The minimum Gasteiger partial charge on any atom is -0.493 e. The van der Waals surface area contributed by atoms with Crippen molar-refractivity contribution >= 4 is 5.97 Å². The minimum atomic E-state index is -1.21. The van der Waals surface area contributed by atoms with Crippen LogP contribution in [0.1, 0.15) is 66.6 Å². The number of carbonyl (C=O) groups is 1. The zero-order chi connectivity index (χ0) is 23.3. The molecular weight excluding hydrogens is 424 g/mol. The molecule has 0 aliphatic carbocycles. The Hall–Kier alpha value is -2.84. The Morgan fingerprint density at radius 3 is 2.67 bits per heavy atom. The highest BCUT2D eigenvalue weighted by molar-refractivity contribution is 5.88. The highest BCUT2D eigenvalue weighted by Crippen LogP contribution is 2.50. The molecule has 1 aromatic heterocycles. The van der Waals surface area contributed by atoms with E-state index in [1.165, 1.54) is 12.3 Å². The maximum absolute atomic E-state index is 12.7. The maximum Gasteiger partial charge on any atom is 0.341 e. The smallest absolute Gasteiger partial charge is 0.341 e. The summed E-state index contributed by atoms with van der Waals surface area (Å²) in [5.41, 5.74) is 2.99. The Morgan fingerprint density at radius 2 is 2.00 bits per heavy atom. The van der Waals surface area contributed by atoms with E-state index in [9.17, 15) is 14.7 Å². The topological polar surface area (TPSA) is 90.2 Å². The third-order valence-electron chi connectivity index (χ3n) is 7.08. The molecule has 0 unspecified atom stereocenters. The van der Waals surface area contributed by atoms with Crippen molar-refractivity contribution in [2.24, 2.45) is 0 Å². The van der Waals surface area contributed by atoms with Crippen molar-refractivity contribution in [3.05, 3.63) is 51.3 Å². The van der Waals surface area contributed by atoms with E-state index >= 15 is 0 Å². The molecule has 176 valence electrons. The molecule has 8 nitrogen and oxygen atoms in total. The van der Waals surface area contributed by atoms with E-state index in [4.69, 9.17) is 14.2 Å². The predicted octanol–water partition coefficient (Wildman–Crippen LogP) is 3.31. The van der Waals surface area contributed by atoms with Gasteiger partial charge in [0.2, 0.25) is 0 Å². The Labute approximate surface area is 192 Å². The van der Waals surface area contributed by atoms with Gasteiger partial charge in [-0.25, -0.2) is 4.79 Å². The number of aromatic carboxylic acids is 1. The SMILES string of the molecule is COCCCOc1cc2c(cc1C1COC1)-c1cc(=O)c(C(=O)O)cn1N1[C@@H]2CCC1(C)C. The van der Waals surface area contributed by atoms with Gasteiger partial charge in [0.25, 0.3) is 0 Å². The molecule has 5 rings (SSSR count). The maximum atomic E-state index is 12.7. The van der Waals surface area contributed by atoms with Gasteiger partial charge in [-0.1, -0.05) is 0 Å². The van der Waals surface area contributed by atoms with Crippen LogP contribution in [0.2, 0.25) is 0 Å². The van der Waals surface area contributed by atoms with Crippen LogP contribution in [-0.2, 0) is 9.47 Å². The first-order chi connectivity index (χ1) is 15.8. The minimum absolute atomic E-state index is 0.0691. The summed E-state index contributed by atoms with van der Waals surface area (Å²) < 4.78 is 18.7. The van der Waals surface area contributed by atoms with Gasteiger partial charge in [0, 0.05) is 49.4 Å². The number of hydrogen-bond acceptors (Lipinski definition) is 6. The van der Waals surface area contributed by atoms with Gasteiger partial charge in [0.15, 0.2) is 5.43 Å². The number of rotatable bonds is 7. The molecule has 2 fully saturated rings. The zero-order valence-electron chi connectivity index (χ0n) is 19.3. The zero-order valence-corrected chi connectivity index (χ0v) is 19.3. The van der Waals surface area contributed by atoms with Gasteiger partial charge in [0.05, 0.1) is 37.1 Å². The molecule has 33 heavy (non-hydrogen) atoms. The van der Waals surface area contributed by atoms with Crippen LogP contribution < -0.4 is 15.2 Å². The molecule has 0 saturated carbocycles. The third kappa shape index (κ3) is 3.61. The van der Waals surface area contributed by atoms with Crippen LogP contribution in [0.3, 0.4) is 0 Å². The van der Waals surface area contributed by atoms with E-state index in [1.807, 2.05) is 4.68 Å². The van der Waals surface area contributed by atoms with Crippen LogP contribution in [0.15, 0.2) is 29.2 Å². The molecule has 3 aliphatic heterocycles. The van der Waals surface area contributed by atoms with E-state index in [2.05, 4.69) is 31.0 Å². The van der Waals surface area contributed by atoms with Crippen LogP contribution in [0.4, 0.5) is 0 Å². The Morgan fingerprint density at radius 1 is 1.21 bits per heavy atom. The van der Waals surface area contributed by atoms with Crippen molar-refractivity contribution in [2.75, 3.05) is 38.5 Å². The first kappa shape index (κ1) is 22.0. The van der Waals surface area contributed by atoms with Crippen molar-refractivity contribution in [2.45, 2.75) is 50.6 Å². The molecule has 0 bridgehead atoms. The Kier molecular flexibility index (Phi) is 5.45. The molecular formula is C25H30N2O6. The number of benzene rings is 1. The molecule has 0 radical (unpaired) electrons. The second-order valence-corrected chi connectivity index (χ2v) is 9.70. The molecule has 1 atom stereocenters. The number of methoxy groups -OCH3 is 1. The lowest BCUT2D eigenvalue weighted by Gasteiger charge is -2.45. The van der Waals surface area contributed by atoms with Crippen molar-refractivity contribution in [1.29, 1.82) is 0 Å². The average Bonchev–Trinajstić information content (AvgIpc) is 3.05. The second-order valence-electron chi connectivity index (χ2n) is 9.70. The predicted molar refractivity (Wildman–Crippen MR) is 123 cm³/mol. The Balaban J connectivity index is 1.68. The summed E-state index contributed by atoms with van der Waals surface area (Å²) in [5.74, 6) is -0.105. The fourth-order valence-corrected chi connectivity index (χ4v) is 5.30. The van der Waals surface area contributed by atoms with E-state index in [-0.39, 0.29) is 23.1 Å². The van der Waals surface area contributed by atoms with Gasteiger partial charge in [-0.05, 0) is 44.4 Å². The van der Waals surface area contributed by atoms with Crippen LogP contribution in [0.5, 0.6) is 5.75 Å². The van der Waals surface area contributed by atoms with Crippen LogP contribution in [0.25, 0.3) is 11.3 Å². The summed E-state index contributed by atoms with van der Waals surface area (Å²) in [7, 11) is 1.68. The normalized spacial score (nSPS) is 20.6. The highest BCUT2D eigenvalue weighted by atomic mass is 16.5. The molecule has 2 aromatic rings. The Bertz CT molecular complexity index is 1150. The van der Waals surface area contributed by atoms with Crippen LogP contribution >= 0.6 is 0 Å². The van der Waals surface area contributed by atoms with Crippen LogP contribution in [0, 0.1) is 0 Å². The molecule has 0 amide bonds. The number of nitrogens with zero attached hydrogens (tertiary/aromatic N) is 2. The van der Waals surface area contributed by atoms with E-state index in [0.29, 0.717) is 26.4 Å². The van der Waals surface area contributed by atoms with Gasteiger partial charge in [0.1, 0.15) is 11.3 Å². The summed E-state index contributed by atoms with van der Waals surface area (Å²) in [5, 5.41) is 11.8. The fraction of sp³-hybridized carbons (Fsp3) is 0.520. The number of pyridine rings is 1. The number of fused-ring (bicyclic) bond motifs is 6. The highest BCUT2D eigenvalue weighted by Gasteiger charge is 2.45. The lowest BCUT2D eigenvalue weighted by atomic mass is 9.87. The number of aromatic nitrogens is 1. The van der Waals surface area contributed by atoms with Gasteiger partial charge >= 0.3 is 5.97 Å². The van der Waals surface area contributed by atoms with E-state index in [0.717, 1.165) is 47.4 Å². The average molecular weight is 455 g/mol. The summed E-state index contributed by atoms with van der Waals surface area (Å²) in [6.07, 6.45) is 4.17. The quantitative estimate of drug-likeness (QED) is 0.642. The summed E-state index contributed by atoms with van der Waals surface area (Å²) in [6, 6.07) is 5.79. The first-order valence-corrected chi connectivity index (χ1v) is 11.5. The fourth-order valence-electron chi connectivity index (χ4n) is 5.30. The van der Waals surface area contributed by atoms with Crippen molar-refractivity contribution < 1.29 is 24.1 Å². The molecule has 1 N–H and O–H groups in total. The van der Waals surface area contributed by atoms with Crippen LogP contribution in [-0.4, -0.2) is 54.8 Å². The van der Waals surface area contributed by atoms with Gasteiger partial charge in [-0.3, -0.25) is 14.5 Å². The molecule has 0 spiro atoms. The first-order valence-electron chi connectivity index (χ1n) is 11.5. The lowest BCUT2D eigenvalue weighted by Crippen LogP contribution is -2.50. The van der Waals surface area contributed by atoms with Crippen molar-refractivity contribution in [1.82, 2.24) is 4.68 Å². The number of ether oxygens (including phenoxy) is 3. The van der Waals surface area contributed by atoms with Gasteiger partial charge in [-0.15, -0.1) is 0 Å². The number of carboxylic acids is 1. The molecule has 3 aliphatic rings. The van der Waals surface area contributed by atoms with Gasteiger partial charge in [-0.2, -0.15) is 0 Å². The molecule has 2 saturated heterocycles. The van der Waals surface area contributed by atoms with E-state index in [1.54, 1.807) is 7.11 Å². The lowest BCUT2D eigenvalue weighted by molar-refractivity contribution is 0.00724. The standard InChI is InChI=1S/C25H30N2O6/c1-25(2)6-5-20-18-10-23(33-8-4-7-31-3)16(15-13-32-14-15)9-17(18)21-11-22(28)19(24(29)30)12-26(21)27(20)25/h9-12,15,20H,4-8,13-14H2,1-3H3,(H,29,30)/t20-/m1/s1. The molecule has 4 heterocycles. The summed E-state index contributed by atoms with van der Waals surface area (Å²) in [4.78, 5) is 24.4. The second kappa shape index (κ2) is 8.18. The monoisotopic (exact) mass is 454 g/mol. The number of carboxylic acid groups (broad SMARTS) is 1. The van der Waals surface area contributed by atoms with Crippen molar-refractivity contribution in [3.8, 4) is 17.0 Å². The third-order valence-corrected chi connectivity index (χ3v) is 7.08. The number of hydrogen-bond donors (Lipinski definition) is 1. The summed E-state index contributed by atoms with van der Waals surface area (Å²) >= 11 is 0. The molecule has 8 heteroatoms. The summed E-state index contributed by atoms with van der Waals surface area (Å²) in [6.45, 7) is 6.79. The largest absolute Gasteiger partial charge is 0.493 e. The van der Waals surface area contributed by atoms with Crippen molar-refractivity contribution in [3.63, 3.8) is 0 Å². The van der Waals surface area contributed by atoms with E-state index < -0.39 is 11.4 Å².